The number of amidine groups is 1. The van der Waals surface area contributed by atoms with Crippen molar-refractivity contribution in [3.05, 3.63) is 29.3 Å². The molecule has 1 aromatic carbocycles. The number of hydrogen-bond acceptors (Lipinski definition) is 4. The fourth-order valence-electron chi connectivity index (χ4n) is 1.08. The second-order valence-electron chi connectivity index (χ2n) is 2.80. The van der Waals surface area contributed by atoms with Gasteiger partial charge in [-0.15, -0.1) is 0 Å². The Morgan fingerprint density at radius 1 is 1.67 bits per heavy atom. The Labute approximate surface area is 92.5 Å². The molecule has 4 nitrogen and oxygen atoms in total. The van der Waals surface area contributed by atoms with Crippen molar-refractivity contribution in [1.82, 2.24) is 0 Å². The van der Waals surface area contributed by atoms with Gasteiger partial charge < -0.3 is 10.5 Å². The van der Waals surface area contributed by atoms with Crippen LogP contribution in [0.1, 0.15) is 11.1 Å². The number of nitrogens with zero attached hydrogens (tertiary/aromatic N) is 1. The average molecular weight is 221 g/mol. The first kappa shape index (κ1) is 11.4. The molecule has 0 bridgehead atoms. The molecule has 3 N–H and O–H groups in total. The molecular formula is C10H11N3OS. The first-order chi connectivity index (χ1) is 7.17. The molecule has 0 aliphatic heterocycles. The maximum atomic E-state index is 8.77. The normalized spacial score (nSPS) is 9.33. The van der Waals surface area contributed by atoms with Crippen LogP contribution in [0.3, 0.4) is 0 Å². The van der Waals surface area contributed by atoms with Gasteiger partial charge in [0.05, 0.1) is 12.7 Å². The van der Waals surface area contributed by atoms with Gasteiger partial charge in [-0.2, -0.15) is 5.26 Å². The van der Waals surface area contributed by atoms with Gasteiger partial charge >= 0.3 is 0 Å². The van der Waals surface area contributed by atoms with E-state index >= 15 is 0 Å². The second kappa shape index (κ2) is 5.27. The van der Waals surface area contributed by atoms with Gasteiger partial charge in [0, 0.05) is 5.75 Å². The van der Waals surface area contributed by atoms with Crippen molar-refractivity contribution in [2.75, 3.05) is 7.11 Å². The minimum Gasteiger partial charge on any atom is -0.495 e. The van der Waals surface area contributed by atoms with Gasteiger partial charge in [-0.1, -0.05) is 17.8 Å². The van der Waals surface area contributed by atoms with Crippen LogP contribution in [0.4, 0.5) is 0 Å². The van der Waals surface area contributed by atoms with Crippen molar-refractivity contribution < 1.29 is 4.74 Å². The summed E-state index contributed by atoms with van der Waals surface area (Å²) in [6, 6.07) is 7.36. The summed E-state index contributed by atoms with van der Waals surface area (Å²) in [5, 5.41) is 15.9. The van der Waals surface area contributed by atoms with E-state index in [1.165, 1.54) is 18.9 Å². The lowest BCUT2D eigenvalue weighted by Gasteiger charge is -2.05. The molecule has 0 saturated heterocycles. The van der Waals surface area contributed by atoms with E-state index in [9.17, 15) is 0 Å². The summed E-state index contributed by atoms with van der Waals surface area (Å²) in [4.78, 5) is 0. The number of hydrogen-bond donors (Lipinski definition) is 2. The van der Waals surface area contributed by atoms with E-state index in [0.29, 0.717) is 17.1 Å². The number of methoxy groups -OCH3 is 1. The molecule has 0 aliphatic carbocycles. The molecule has 0 radical (unpaired) electrons. The van der Waals surface area contributed by atoms with Crippen molar-refractivity contribution in [3.8, 4) is 11.8 Å². The number of rotatable bonds is 3. The molecule has 0 aromatic heterocycles. The second-order valence-corrected chi connectivity index (χ2v) is 3.82. The Balaban J connectivity index is 2.84. The molecule has 0 heterocycles. The van der Waals surface area contributed by atoms with Gasteiger partial charge in [-0.05, 0) is 17.7 Å². The summed E-state index contributed by atoms with van der Waals surface area (Å²) in [7, 11) is 1.53. The minimum atomic E-state index is 0.0818. The third-order valence-corrected chi connectivity index (χ3v) is 2.57. The van der Waals surface area contributed by atoms with Crippen LogP contribution in [-0.4, -0.2) is 12.3 Å². The molecule has 0 saturated carbocycles. The van der Waals surface area contributed by atoms with E-state index in [4.69, 9.17) is 21.1 Å². The SMILES string of the molecule is COc1cc(CSC(=N)N)ccc1C#N. The highest BCUT2D eigenvalue weighted by atomic mass is 32.2. The van der Waals surface area contributed by atoms with Crippen LogP contribution < -0.4 is 10.5 Å². The van der Waals surface area contributed by atoms with Crippen molar-refractivity contribution in [2.45, 2.75) is 5.75 Å². The number of thioether (sulfide) groups is 1. The zero-order valence-corrected chi connectivity index (χ0v) is 9.10. The highest BCUT2D eigenvalue weighted by Crippen LogP contribution is 2.21. The largest absolute Gasteiger partial charge is 0.495 e. The lowest BCUT2D eigenvalue weighted by Crippen LogP contribution is -2.03. The van der Waals surface area contributed by atoms with Crippen LogP contribution in [0.2, 0.25) is 0 Å². The zero-order chi connectivity index (χ0) is 11.3. The van der Waals surface area contributed by atoms with Crippen molar-refractivity contribution in [3.63, 3.8) is 0 Å². The summed E-state index contributed by atoms with van der Waals surface area (Å²) in [6.45, 7) is 0. The van der Waals surface area contributed by atoms with E-state index in [-0.39, 0.29) is 5.17 Å². The Morgan fingerprint density at radius 3 is 2.93 bits per heavy atom. The quantitative estimate of drug-likeness (QED) is 0.601. The number of nitriles is 1. The van der Waals surface area contributed by atoms with Crippen molar-refractivity contribution in [2.24, 2.45) is 5.73 Å². The molecule has 0 atom stereocenters. The lowest BCUT2D eigenvalue weighted by atomic mass is 10.1. The summed E-state index contributed by atoms with van der Waals surface area (Å²) in [5.41, 5.74) is 6.72. The Bertz CT molecular complexity index is 412. The number of benzene rings is 1. The molecule has 78 valence electrons. The Kier molecular flexibility index (Phi) is 4.01. The average Bonchev–Trinajstić information content (AvgIpc) is 2.25. The van der Waals surface area contributed by atoms with Crippen LogP contribution >= 0.6 is 11.8 Å². The maximum absolute atomic E-state index is 8.77. The summed E-state index contributed by atoms with van der Waals surface area (Å²) in [5.74, 6) is 1.16. The van der Waals surface area contributed by atoms with Gasteiger partial charge in [0.15, 0.2) is 5.17 Å². The zero-order valence-electron chi connectivity index (χ0n) is 8.28. The van der Waals surface area contributed by atoms with Gasteiger partial charge in [0.1, 0.15) is 11.8 Å². The topological polar surface area (TPSA) is 82.9 Å². The summed E-state index contributed by atoms with van der Waals surface area (Å²) < 4.78 is 5.07. The van der Waals surface area contributed by atoms with Crippen molar-refractivity contribution in [1.29, 1.82) is 10.7 Å². The Hall–Kier alpha value is -1.67. The number of ether oxygens (including phenoxy) is 1. The monoisotopic (exact) mass is 221 g/mol. The van der Waals surface area contributed by atoms with Gasteiger partial charge in [0.2, 0.25) is 0 Å². The highest BCUT2D eigenvalue weighted by molar-refractivity contribution is 8.13. The standard InChI is InChI=1S/C10H11N3OS/c1-14-9-4-7(6-15-10(12)13)2-3-8(9)5-11/h2-4H,6H2,1H3,(H3,12,13). The van der Waals surface area contributed by atoms with Gasteiger partial charge in [-0.25, -0.2) is 0 Å². The molecule has 0 spiro atoms. The molecule has 0 amide bonds. The molecule has 1 rings (SSSR count). The van der Waals surface area contributed by atoms with Crippen LogP contribution in [0.25, 0.3) is 0 Å². The fourth-order valence-corrected chi connectivity index (χ4v) is 1.58. The molecule has 0 aliphatic rings. The van der Waals surface area contributed by atoms with E-state index in [1.807, 2.05) is 12.1 Å². The third kappa shape index (κ3) is 3.18. The molecule has 15 heavy (non-hydrogen) atoms. The molecule has 0 unspecified atom stereocenters. The van der Waals surface area contributed by atoms with Crippen LogP contribution in [0, 0.1) is 16.7 Å². The Morgan fingerprint density at radius 2 is 2.40 bits per heavy atom. The maximum Gasteiger partial charge on any atom is 0.151 e. The summed E-state index contributed by atoms with van der Waals surface area (Å²) in [6.07, 6.45) is 0. The van der Waals surface area contributed by atoms with Crippen LogP contribution in [0.5, 0.6) is 5.75 Å². The van der Waals surface area contributed by atoms with E-state index in [1.54, 1.807) is 12.1 Å². The smallest absolute Gasteiger partial charge is 0.151 e. The lowest BCUT2D eigenvalue weighted by molar-refractivity contribution is 0.413. The predicted octanol–water partition coefficient (Wildman–Crippen LogP) is 1.69. The molecular weight excluding hydrogens is 210 g/mol. The van der Waals surface area contributed by atoms with Crippen LogP contribution in [-0.2, 0) is 5.75 Å². The number of nitrogens with two attached hydrogens (primary N) is 1. The fraction of sp³-hybridized carbons (Fsp3) is 0.200. The molecule has 5 heteroatoms. The number of nitrogens with one attached hydrogen (secondary N) is 1. The predicted molar refractivity (Wildman–Crippen MR) is 60.9 cm³/mol. The van der Waals surface area contributed by atoms with Gasteiger partial charge in [-0.3, -0.25) is 5.41 Å². The van der Waals surface area contributed by atoms with Gasteiger partial charge in [0.25, 0.3) is 0 Å². The van der Waals surface area contributed by atoms with Crippen molar-refractivity contribution >= 4 is 16.9 Å². The van der Waals surface area contributed by atoms with Crippen LogP contribution in [0.15, 0.2) is 18.2 Å². The minimum absolute atomic E-state index is 0.0818. The van der Waals surface area contributed by atoms with E-state index < -0.39 is 0 Å². The summed E-state index contributed by atoms with van der Waals surface area (Å²) >= 11 is 1.24. The van der Waals surface area contributed by atoms with E-state index in [0.717, 1.165) is 5.56 Å². The third-order valence-electron chi connectivity index (χ3n) is 1.78. The molecule has 0 fully saturated rings. The first-order valence-corrected chi connectivity index (χ1v) is 5.19. The highest BCUT2D eigenvalue weighted by Gasteiger charge is 2.03. The molecule has 1 aromatic rings. The van der Waals surface area contributed by atoms with E-state index in [2.05, 4.69) is 0 Å². The first-order valence-electron chi connectivity index (χ1n) is 4.21.